The molecule has 0 heterocycles. The Morgan fingerprint density at radius 2 is 1.77 bits per heavy atom. The van der Waals surface area contributed by atoms with Gasteiger partial charge in [0.05, 0.1) is 0 Å². The number of hydrogen-bond acceptors (Lipinski definition) is 2. The van der Waals surface area contributed by atoms with E-state index in [0.29, 0.717) is 12.3 Å². The number of benzene rings is 1. The van der Waals surface area contributed by atoms with Crippen molar-refractivity contribution in [3.63, 3.8) is 0 Å². The Hall–Kier alpha value is -1.35. The third-order valence-corrected chi connectivity index (χ3v) is 3.93. The zero-order valence-corrected chi connectivity index (χ0v) is 14.9. The van der Waals surface area contributed by atoms with Gasteiger partial charge in [-0.3, -0.25) is 4.79 Å². The zero-order chi connectivity index (χ0) is 16.5. The summed E-state index contributed by atoms with van der Waals surface area (Å²) in [5, 5.41) is 3.13. The summed E-state index contributed by atoms with van der Waals surface area (Å²) in [6, 6.07) is 6.22. The van der Waals surface area contributed by atoms with E-state index >= 15 is 0 Å². The van der Waals surface area contributed by atoms with Crippen molar-refractivity contribution in [2.45, 2.75) is 59.8 Å². The van der Waals surface area contributed by atoms with Gasteiger partial charge in [0.15, 0.2) is 0 Å². The molecule has 1 amide bonds. The molecule has 1 rings (SSSR count). The van der Waals surface area contributed by atoms with Gasteiger partial charge < -0.3 is 10.2 Å². The average molecular weight is 304 g/mol. The minimum absolute atomic E-state index is 0.119. The molecule has 0 fully saturated rings. The fraction of sp³-hybridized carbons (Fsp3) is 0.632. The monoisotopic (exact) mass is 304 g/mol. The molecule has 0 bridgehead atoms. The maximum absolute atomic E-state index is 12.3. The molecule has 1 N–H and O–H groups in total. The molecule has 3 heteroatoms. The Bertz CT molecular complexity index is 463. The molecule has 0 aliphatic rings. The molecule has 0 atom stereocenters. The molecular formula is C19H32N2O. The smallest absolute Gasteiger partial charge is 0.225 e. The fourth-order valence-electron chi connectivity index (χ4n) is 2.77. The number of nitrogens with zero attached hydrogens (tertiary/aromatic N) is 1. The van der Waals surface area contributed by atoms with Crippen molar-refractivity contribution < 1.29 is 4.79 Å². The van der Waals surface area contributed by atoms with Gasteiger partial charge in [-0.15, -0.1) is 0 Å². The topological polar surface area (TPSA) is 32.3 Å². The SMILES string of the molecule is CCCN(CCC)CCC(=O)Nc1c(C)cccc1C(C)C. The molecule has 0 aliphatic carbocycles. The standard InChI is InChI=1S/C19H32N2O/c1-6-12-21(13-7-2)14-11-18(22)20-19-16(5)9-8-10-17(19)15(3)4/h8-10,15H,6-7,11-14H2,1-5H3,(H,20,22). The Balaban J connectivity index is 2.65. The summed E-state index contributed by atoms with van der Waals surface area (Å²) >= 11 is 0. The molecule has 0 saturated carbocycles. The molecule has 0 spiro atoms. The van der Waals surface area contributed by atoms with E-state index < -0.39 is 0 Å². The van der Waals surface area contributed by atoms with Gasteiger partial charge in [0.2, 0.25) is 5.91 Å². The van der Waals surface area contributed by atoms with Gasteiger partial charge in [0.25, 0.3) is 0 Å². The van der Waals surface area contributed by atoms with Crippen LogP contribution < -0.4 is 5.32 Å². The quantitative estimate of drug-likeness (QED) is 0.725. The van der Waals surface area contributed by atoms with Crippen molar-refractivity contribution in [3.05, 3.63) is 29.3 Å². The van der Waals surface area contributed by atoms with Crippen molar-refractivity contribution in [1.82, 2.24) is 4.90 Å². The third-order valence-electron chi connectivity index (χ3n) is 3.93. The summed E-state index contributed by atoms with van der Waals surface area (Å²) in [5.41, 5.74) is 3.35. The molecule has 0 radical (unpaired) electrons. The van der Waals surface area contributed by atoms with E-state index in [-0.39, 0.29) is 5.91 Å². The normalized spacial score (nSPS) is 11.2. The minimum Gasteiger partial charge on any atom is -0.326 e. The number of nitrogens with one attached hydrogen (secondary N) is 1. The van der Waals surface area contributed by atoms with Crippen LogP contribution in [0.25, 0.3) is 0 Å². The second-order valence-electron chi connectivity index (χ2n) is 6.33. The second kappa shape index (κ2) is 9.62. The van der Waals surface area contributed by atoms with Crippen LogP contribution in [0, 0.1) is 6.92 Å². The highest BCUT2D eigenvalue weighted by Crippen LogP contribution is 2.27. The summed E-state index contributed by atoms with van der Waals surface area (Å²) < 4.78 is 0. The van der Waals surface area contributed by atoms with Gasteiger partial charge in [-0.25, -0.2) is 0 Å². The van der Waals surface area contributed by atoms with Gasteiger partial charge in [-0.05, 0) is 49.9 Å². The van der Waals surface area contributed by atoms with Gasteiger partial charge in [0.1, 0.15) is 0 Å². The highest BCUT2D eigenvalue weighted by atomic mass is 16.1. The van der Waals surface area contributed by atoms with Crippen LogP contribution in [0.1, 0.15) is 64.0 Å². The Morgan fingerprint density at radius 3 is 2.32 bits per heavy atom. The van der Waals surface area contributed by atoms with Gasteiger partial charge in [-0.1, -0.05) is 45.9 Å². The van der Waals surface area contributed by atoms with Crippen LogP contribution in [-0.2, 0) is 4.79 Å². The maximum Gasteiger partial charge on any atom is 0.225 e. The van der Waals surface area contributed by atoms with Crippen LogP contribution in [0.3, 0.4) is 0 Å². The molecule has 124 valence electrons. The first-order valence-electron chi connectivity index (χ1n) is 8.61. The van der Waals surface area contributed by atoms with E-state index in [1.807, 2.05) is 0 Å². The molecule has 3 nitrogen and oxygen atoms in total. The van der Waals surface area contributed by atoms with Crippen LogP contribution in [0.15, 0.2) is 18.2 Å². The van der Waals surface area contributed by atoms with E-state index in [1.54, 1.807) is 0 Å². The van der Waals surface area contributed by atoms with Crippen molar-refractivity contribution in [2.24, 2.45) is 0 Å². The van der Waals surface area contributed by atoms with Crippen LogP contribution in [0.2, 0.25) is 0 Å². The summed E-state index contributed by atoms with van der Waals surface area (Å²) in [7, 11) is 0. The first kappa shape index (κ1) is 18.7. The lowest BCUT2D eigenvalue weighted by Crippen LogP contribution is -2.29. The van der Waals surface area contributed by atoms with E-state index in [9.17, 15) is 4.79 Å². The van der Waals surface area contributed by atoms with Crippen LogP contribution in [-0.4, -0.2) is 30.4 Å². The van der Waals surface area contributed by atoms with Crippen molar-refractivity contribution >= 4 is 11.6 Å². The Morgan fingerprint density at radius 1 is 1.14 bits per heavy atom. The highest BCUT2D eigenvalue weighted by Gasteiger charge is 2.13. The van der Waals surface area contributed by atoms with Gasteiger partial charge in [0, 0.05) is 18.7 Å². The van der Waals surface area contributed by atoms with Crippen LogP contribution in [0.5, 0.6) is 0 Å². The molecule has 0 saturated heterocycles. The molecular weight excluding hydrogens is 272 g/mol. The minimum atomic E-state index is 0.119. The first-order chi connectivity index (χ1) is 10.5. The molecule has 1 aromatic carbocycles. The number of anilines is 1. The summed E-state index contributed by atoms with van der Waals surface area (Å²) in [6.07, 6.45) is 2.83. The van der Waals surface area contributed by atoms with E-state index in [2.05, 4.69) is 63.0 Å². The number of hydrogen-bond donors (Lipinski definition) is 1. The lowest BCUT2D eigenvalue weighted by Gasteiger charge is -2.21. The van der Waals surface area contributed by atoms with Crippen molar-refractivity contribution in [1.29, 1.82) is 0 Å². The lowest BCUT2D eigenvalue weighted by atomic mass is 9.98. The number of carbonyl (C=O) groups excluding carboxylic acids is 1. The van der Waals surface area contributed by atoms with Crippen molar-refractivity contribution in [3.8, 4) is 0 Å². The Kier molecular flexibility index (Phi) is 8.18. The Labute approximate surface area is 136 Å². The first-order valence-corrected chi connectivity index (χ1v) is 8.61. The molecule has 22 heavy (non-hydrogen) atoms. The molecule has 1 aromatic rings. The van der Waals surface area contributed by atoms with E-state index in [0.717, 1.165) is 43.7 Å². The maximum atomic E-state index is 12.3. The predicted octanol–water partition coefficient (Wildman–Crippen LogP) is 4.57. The van der Waals surface area contributed by atoms with Gasteiger partial charge >= 0.3 is 0 Å². The van der Waals surface area contributed by atoms with Gasteiger partial charge in [-0.2, -0.15) is 0 Å². The fourth-order valence-corrected chi connectivity index (χ4v) is 2.77. The van der Waals surface area contributed by atoms with E-state index in [1.165, 1.54) is 5.56 Å². The molecule has 0 unspecified atom stereocenters. The summed E-state index contributed by atoms with van der Waals surface area (Å²) in [6.45, 7) is 13.7. The molecule has 0 aliphatic heterocycles. The molecule has 0 aromatic heterocycles. The van der Waals surface area contributed by atoms with Crippen molar-refractivity contribution in [2.75, 3.05) is 25.0 Å². The second-order valence-corrected chi connectivity index (χ2v) is 6.33. The highest BCUT2D eigenvalue weighted by molar-refractivity contribution is 5.92. The third kappa shape index (κ3) is 5.80. The number of para-hydroxylation sites is 1. The number of rotatable bonds is 9. The number of carbonyl (C=O) groups is 1. The van der Waals surface area contributed by atoms with Crippen LogP contribution in [0.4, 0.5) is 5.69 Å². The average Bonchev–Trinajstić information content (AvgIpc) is 2.47. The zero-order valence-electron chi connectivity index (χ0n) is 14.9. The lowest BCUT2D eigenvalue weighted by molar-refractivity contribution is -0.116. The largest absolute Gasteiger partial charge is 0.326 e. The summed E-state index contributed by atoms with van der Waals surface area (Å²) in [4.78, 5) is 14.7. The van der Waals surface area contributed by atoms with Crippen LogP contribution >= 0.6 is 0 Å². The summed E-state index contributed by atoms with van der Waals surface area (Å²) in [5.74, 6) is 0.528. The predicted molar refractivity (Wildman–Crippen MR) is 95.5 cm³/mol. The number of aryl methyl sites for hydroxylation is 1. The van der Waals surface area contributed by atoms with E-state index in [4.69, 9.17) is 0 Å². The number of amides is 1.